The summed E-state index contributed by atoms with van der Waals surface area (Å²) in [4.78, 5) is 4.10. The Bertz CT molecular complexity index is 594. The standard InChI is InChI=1S/C16H19ClN2O/c17-16-14-7-8-19-9-12(14)3-6-15(16)20-10-11-1-4-13(18)5-2-11/h3,6-9,11,13H,1-2,4-5,10,18H2. The molecule has 0 aliphatic heterocycles. The number of ether oxygens (including phenoxy) is 1. The van der Waals surface area contributed by atoms with Crippen LogP contribution in [0.1, 0.15) is 25.7 Å². The molecule has 0 saturated heterocycles. The van der Waals surface area contributed by atoms with Gasteiger partial charge in [0.2, 0.25) is 0 Å². The molecule has 3 nitrogen and oxygen atoms in total. The van der Waals surface area contributed by atoms with Crippen molar-refractivity contribution in [3.05, 3.63) is 35.6 Å². The summed E-state index contributed by atoms with van der Waals surface area (Å²) in [5, 5.41) is 2.70. The van der Waals surface area contributed by atoms with Gasteiger partial charge in [-0.1, -0.05) is 11.6 Å². The summed E-state index contributed by atoms with van der Waals surface area (Å²) in [5.41, 5.74) is 5.92. The average Bonchev–Trinajstić information content (AvgIpc) is 2.49. The molecule has 0 bridgehead atoms. The van der Waals surface area contributed by atoms with Crippen molar-refractivity contribution in [3.63, 3.8) is 0 Å². The zero-order chi connectivity index (χ0) is 13.9. The van der Waals surface area contributed by atoms with Crippen LogP contribution in [0.5, 0.6) is 5.75 Å². The third kappa shape index (κ3) is 2.89. The highest BCUT2D eigenvalue weighted by molar-refractivity contribution is 6.37. The number of nitrogens with zero attached hydrogens (tertiary/aromatic N) is 1. The van der Waals surface area contributed by atoms with E-state index >= 15 is 0 Å². The van der Waals surface area contributed by atoms with Crippen molar-refractivity contribution in [3.8, 4) is 5.75 Å². The Labute approximate surface area is 124 Å². The fourth-order valence-corrected chi connectivity index (χ4v) is 3.07. The van der Waals surface area contributed by atoms with Gasteiger partial charge < -0.3 is 10.5 Å². The van der Waals surface area contributed by atoms with Crippen LogP contribution < -0.4 is 10.5 Å². The van der Waals surface area contributed by atoms with E-state index in [4.69, 9.17) is 22.1 Å². The average molecular weight is 291 g/mol. The Morgan fingerprint density at radius 2 is 2.00 bits per heavy atom. The molecule has 1 aliphatic rings. The Balaban J connectivity index is 1.70. The van der Waals surface area contributed by atoms with Crippen LogP contribution in [0.25, 0.3) is 10.8 Å². The smallest absolute Gasteiger partial charge is 0.138 e. The number of benzene rings is 1. The maximum Gasteiger partial charge on any atom is 0.138 e. The van der Waals surface area contributed by atoms with E-state index in [1.54, 1.807) is 6.20 Å². The summed E-state index contributed by atoms with van der Waals surface area (Å²) in [6.07, 6.45) is 8.07. The maximum atomic E-state index is 6.41. The largest absolute Gasteiger partial charge is 0.492 e. The highest BCUT2D eigenvalue weighted by atomic mass is 35.5. The lowest BCUT2D eigenvalue weighted by atomic mass is 9.87. The first-order chi connectivity index (χ1) is 9.74. The quantitative estimate of drug-likeness (QED) is 0.936. The normalized spacial score (nSPS) is 22.9. The van der Waals surface area contributed by atoms with Crippen molar-refractivity contribution >= 4 is 22.4 Å². The van der Waals surface area contributed by atoms with Crippen molar-refractivity contribution in [2.24, 2.45) is 11.7 Å². The minimum absolute atomic E-state index is 0.378. The van der Waals surface area contributed by atoms with Crippen LogP contribution in [-0.2, 0) is 0 Å². The summed E-state index contributed by atoms with van der Waals surface area (Å²) in [7, 11) is 0. The highest BCUT2D eigenvalue weighted by Crippen LogP contribution is 2.33. The monoisotopic (exact) mass is 290 g/mol. The molecule has 2 N–H and O–H groups in total. The van der Waals surface area contributed by atoms with E-state index in [0.29, 0.717) is 17.0 Å². The molecular weight excluding hydrogens is 272 g/mol. The van der Waals surface area contributed by atoms with Crippen LogP contribution in [0.15, 0.2) is 30.6 Å². The molecule has 1 heterocycles. The number of aromatic nitrogens is 1. The van der Waals surface area contributed by atoms with Crippen LogP contribution in [0.2, 0.25) is 5.02 Å². The molecule has 0 radical (unpaired) electrons. The number of pyridine rings is 1. The van der Waals surface area contributed by atoms with Gasteiger partial charge in [-0.15, -0.1) is 0 Å². The minimum atomic E-state index is 0.378. The molecule has 0 amide bonds. The molecule has 1 aromatic carbocycles. The van der Waals surface area contributed by atoms with Gasteiger partial charge in [-0.05, 0) is 49.8 Å². The predicted octanol–water partition coefficient (Wildman–Crippen LogP) is 3.78. The fourth-order valence-electron chi connectivity index (χ4n) is 2.78. The second-order valence-corrected chi connectivity index (χ2v) is 5.94. The molecule has 0 spiro atoms. The number of rotatable bonds is 3. The lowest BCUT2D eigenvalue weighted by Gasteiger charge is -2.26. The van der Waals surface area contributed by atoms with Gasteiger partial charge in [0.25, 0.3) is 0 Å². The van der Waals surface area contributed by atoms with E-state index < -0.39 is 0 Å². The highest BCUT2D eigenvalue weighted by Gasteiger charge is 2.19. The van der Waals surface area contributed by atoms with Crippen LogP contribution in [0.4, 0.5) is 0 Å². The molecule has 1 aliphatic carbocycles. The molecule has 2 aromatic rings. The van der Waals surface area contributed by atoms with Crippen molar-refractivity contribution in [2.75, 3.05) is 6.61 Å². The van der Waals surface area contributed by atoms with Crippen molar-refractivity contribution < 1.29 is 4.74 Å². The van der Waals surface area contributed by atoms with Gasteiger partial charge in [-0.25, -0.2) is 0 Å². The van der Waals surface area contributed by atoms with Gasteiger partial charge in [-0.3, -0.25) is 4.98 Å². The first-order valence-corrected chi connectivity index (χ1v) is 7.52. The summed E-state index contributed by atoms with van der Waals surface area (Å²) in [5.74, 6) is 1.36. The Morgan fingerprint density at radius 3 is 2.80 bits per heavy atom. The number of halogens is 1. The third-order valence-electron chi connectivity index (χ3n) is 4.08. The molecule has 1 saturated carbocycles. The van der Waals surface area contributed by atoms with Gasteiger partial charge in [0.15, 0.2) is 0 Å². The molecule has 4 heteroatoms. The number of hydrogen-bond donors (Lipinski definition) is 1. The summed E-state index contributed by atoms with van der Waals surface area (Å²) in [6.45, 7) is 0.725. The van der Waals surface area contributed by atoms with E-state index in [-0.39, 0.29) is 0 Å². The maximum absolute atomic E-state index is 6.41. The Kier molecular flexibility index (Phi) is 4.08. The summed E-state index contributed by atoms with van der Waals surface area (Å²) >= 11 is 6.41. The first kappa shape index (κ1) is 13.7. The topological polar surface area (TPSA) is 48.1 Å². The third-order valence-corrected chi connectivity index (χ3v) is 4.47. The second kappa shape index (κ2) is 5.98. The zero-order valence-corrected chi connectivity index (χ0v) is 12.1. The van der Waals surface area contributed by atoms with Crippen molar-refractivity contribution in [1.82, 2.24) is 4.98 Å². The van der Waals surface area contributed by atoms with Crippen LogP contribution in [-0.4, -0.2) is 17.6 Å². The zero-order valence-electron chi connectivity index (χ0n) is 11.4. The SMILES string of the molecule is NC1CCC(COc2ccc3cnccc3c2Cl)CC1. The number of nitrogens with two attached hydrogens (primary N) is 1. The summed E-state index contributed by atoms with van der Waals surface area (Å²) < 4.78 is 5.93. The predicted molar refractivity (Wildman–Crippen MR) is 82.2 cm³/mol. The van der Waals surface area contributed by atoms with Gasteiger partial charge in [0.1, 0.15) is 5.75 Å². The van der Waals surface area contributed by atoms with Gasteiger partial charge >= 0.3 is 0 Å². The lowest BCUT2D eigenvalue weighted by Crippen LogP contribution is -2.28. The van der Waals surface area contributed by atoms with E-state index in [1.807, 2.05) is 24.4 Å². The lowest BCUT2D eigenvalue weighted by molar-refractivity contribution is 0.201. The van der Waals surface area contributed by atoms with Crippen molar-refractivity contribution in [1.29, 1.82) is 0 Å². The van der Waals surface area contributed by atoms with Crippen LogP contribution in [0.3, 0.4) is 0 Å². The van der Waals surface area contributed by atoms with Gasteiger partial charge in [0.05, 0.1) is 11.6 Å². The van der Waals surface area contributed by atoms with E-state index in [0.717, 1.165) is 48.8 Å². The molecule has 106 valence electrons. The molecule has 0 unspecified atom stereocenters. The Morgan fingerprint density at radius 1 is 1.20 bits per heavy atom. The summed E-state index contributed by atoms with van der Waals surface area (Å²) in [6, 6.07) is 6.23. The molecule has 0 atom stereocenters. The number of hydrogen-bond acceptors (Lipinski definition) is 3. The molecule has 3 rings (SSSR count). The van der Waals surface area contributed by atoms with E-state index in [1.165, 1.54) is 0 Å². The van der Waals surface area contributed by atoms with Gasteiger partial charge in [-0.2, -0.15) is 0 Å². The Hall–Kier alpha value is -1.32. The van der Waals surface area contributed by atoms with Crippen molar-refractivity contribution in [2.45, 2.75) is 31.7 Å². The minimum Gasteiger partial charge on any atom is -0.492 e. The van der Waals surface area contributed by atoms with E-state index in [2.05, 4.69) is 4.98 Å². The first-order valence-electron chi connectivity index (χ1n) is 7.14. The van der Waals surface area contributed by atoms with E-state index in [9.17, 15) is 0 Å². The molecule has 1 fully saturated rings. The molecule has 1 aromatic heterocycles. The molecular formula is C16H19ClN2O. The molecule has 20 heavy (non-hydrogen) atoms. The van der Waals surface area contributed by atoms with Gasteiger partial charge in [0, 0.05) is 29.2 Å². The number of fused-ring (bicyclic) bond motifs is 1. The van der Waals surface area contributed by atoms with Crippen LogP contribution >= 0.6 is 11.6 Å². The van der Waals surface area contributed by atoms with Crippen LogP contribution in [0, 0.1) is 5.92 Å². The fraction of sp³-hybridized carbons (Fsp3) is 0.438. The second-order valence-electron chi connectivity index (χ2n) is 5.57.